The lowest BCUT2D eigenvalue weighted by Crippen LogP contribution is -2.54. The van der Waals surface area contributed by atoms with Gasteiger partial charge in [-0.1, -0.05) is 54.3 Å². The van der Waals surface area contributed by atoms with E-state index in [-0.39, 0.29) is 29.9 Å². The van der Waals surface area contributed by atoms with Crippen LogP contribution in [0, 0.1) is 11.8 Å². The Morgan fingerprint density at radius 3 is 2.45 bits per heavy atom. The SMILES string of the molecule is COC(=O)N[C@H]1CC[C@H]2CC[C@@H](c3ncc(-c4ccc(C#Cc5ccc6nc(C7CCCN7C(=O)[C@H](NC(=O)O)c7ccccc7)[nH]c6c5)cc4)[nH]3)N2C1=O. The van der Waals surface area contributed by atoms with Crippen LogP contribution in [0.15, 0.2) is 79.0 Å². The second-order valence-electron chi connectivity index (χ2n) is 14.1. The number of carbonyl (C=O) groups is 4. The Balaban J connectivity index is 0.940. The number of nitrogens with one attached hydrogen (secondary N) is 4. The number of H-pyrrole nitrogens is 2. The van der Waals surface area contributed by atoms with Crippen molar-refractivity contribution in [1.82, 2.24) is 40.4 Å². The number of fused-ring (bicyclic) bond motifs is 2. The van der Waals surface area contributed by atoms with Gasteiger partial charge in [0.25, 0.3) is 5.91 Å². The van der Waals surface area contributed by atoms with Crippen LogP contribution >= 0.6 is 0 Å². The minimum absolute atomic E-state index is 0.103. The van der Waals surface area contributed by atoms with E-state index in [9.17, 15) is 24.3 Å². The number of nitrogens with zero attached hydrogens (tertiary/aromatic N) is 4. The first-order valence-corrected chi connectivity index (χ1v) is 18.4. The molecule has 5 aromatic rings. The van der Waals surface area contributed by atoms with Crippen molar-refractivity contribution in [3.63, 3.8) is 0 Å². The van der Waals surface area contributed by atoms with Crippen LogP contribution < -0.4 is 10.6 Å². The fraction of sp³-hybridized carbons (Fsp3) is 0.317. The second-order valence-corrected chi connectivity index (χ2v) is 14.1. The van der Waals surface area contributed by atoms with Crippen LogP contribution in [0.25, 0.3) is 22.3 Å². The summed E-state index contributed by atoms with van der Waals surface area (Å²) in [5.74, 6) is 7.45. The van der Waals surface area contributed by atoms with E-state index in [0.29, 0.717) is 30.8 Å². The van der Waals surface area contributed by atoms with Crippen molar-refractivity contribution >= 4 is 35.0 Å². The van der Waals surface area contributed by atoms with Crippen molar-refractivity contribution in [2.45, 2.75) is 68.7 Å². The molecule has 3 aliphatic rings. The van der Waals surface area contributed by atoms with E-state index in [1.54, 1.807) is 35.4 Å². The number of methoxy groups -OCH3 is 1. The van der Waals surface area contributed by atoms with Crippen LogP contribution in [0.2, 0.25) is 0 Å². The monoisotopic (exact) mass is 740 g/mol. The van der Waals surface area contributed by atoms with Gasteiger partial charge in [-0.25, -0.2) is 19.6 Å². The number of alkyl carbamates (subject to hydrolysis) is 1. The number of benzene rings is 3. The summed E-state index contributed by atoms with van der Waals surface area (Å²) in [5, 5.41) is 14.5. The third-order valence-electron chi connectivity index (χ3n) is 10.8. The van der Waals surface area contributed by atoms with Gasteiger partial charge < -0.3 is 40.2 Å². The molecule has 3 saturated heterocycles. The van der Waals surface area contributed by atoms with E-state index < -0.39 is 24.3 Å². The van der Waals surface area contributed by atoms with E-state index in [1.807, 2.05) is 53.4 Å². The van der Waals surface area contributed by atoms with Crippen LogP contribution in [0.4, 0.5) is 9.59 Å². The fourth-order valence-electron chi connectivity index (χ4n) is 8.10. The quantitative estimate of drug-likeness (QED) is 0.134. The van der Waals surface area contributed by atoms with Crippen molar-refractivity contribution < 1.29 is 29.0 Å². The Morgan fingerprint density at radius 2 is 1.67 bits per heavy atom. The Kier molecular flexibility index (Phi) is 9.67. The van der Waals surface area contributed by atoms with Crippen molar-refractivity contribution in [3.05, 3.63) is 107 Å². The molecule has 4 amide bonds. The number of aromatic nitrogens is 4. The van der Waals surface area contributed by atoms with Gasteiger partial charge in [-0.3, -0.25) is 9.59 Å². The number of ether oxygens (including phenoxy) is 1. The highest BCUT2D eigenvalue weighted by Crippen LogP contribution is 2.40. The smallest absolute Gasteiger partial charge is 0.407 e. The predicted molar refractivity (Wildman–Crippen MR) is 201 cm³/mol. The first-order chi connectivity index (χ1) is 26.7. The zero-order chi connectivity index (χ0) is 38.1. The second kappa shape index (κ2) is 15.0. The molecule has 0 saturated carbocycles. The molecule has 55 heavy (non-hydrogen) atoms. The maximum Gasteiger partial charge on any atom is 0.407 e. The van der Waals surface area contributed by atoms with Gasteiger partial charge in [-0.05, 0) is 80.0 Å². The molecule has 5 N–H and O–H groups in total. The average Bonchev–Trinajstić information content (AvgIpc) is 4.03. The van der Waals surface area contributed by atoms with Crippen molar-refractivity contribution in [3.8, 4) is 23.1 Å². The molecule has 0 spiro atoms. The number of likely N-dealkylation sites (tertiary alicyclic amines) is 1. The van der Waals surface area contributed by atoms with Gasteiger partial charge in [0.15, 0.2) is 0 Å². The molecule has 0 radical (unpaired) electrons. The summed E-state index contributed by atoms with van der Waals surface area (Å²) in [6.45, 7) is 0.501. The first-order valence-electron chi connectivity index (χ1n) is 18.4. The number of hydrogen-bond donors (Lipinski definition) is 5. The zero-order valence-corrected chi connectivity index (χ0v) is 30.1. The number of carboxylic acid groups (broad SMARTS) is 1. The maximum absolute atomic E-state index is 13.7. The largest absolute Gasteiger partial charge is 0.465 e. The van der Waals surface area contributed by atoms with E-state index >= 15 is 0 Å². The summed E-state index contributed by atoms with van der Waals surface area (Å²) >= 11 is 0. The predicted octanol–water partition coefficient (Wildman–Crippen LogP) is 5.58. The van der Waals surface area contributed by atoms with Gasteiger partial charge in [0.05, 0.1) is 42.1 Å². The molecular weight excluding hydrogens is 701 g/mol. The third kappa shape index (κ3) is 7.20. The van der Waals surface area contributed by atoms with Gasteiger partial charge >= 0.3 is 12.2 Å². The van der Waals surface area contributed by atoms with Gasteiger partial charge in [0.2, 0.25) is 5.91 Å². The van der Waals surface area contributed by atoms with Gasteiger partial charge in [0, 0.05) is 23.7 Å². The first kappa shape index (κ1) is 35.4. The summed E-state index contributed by atoms with van der Waals surface area (Å²) in [5.41, 5.74) is 5.53. The van der Waals surface area contributed by atoms with Gasteiger partial charge in [-0.2, -0.15) is 0 Å². The van der Waals surface area contributed by atoms with E-state index in [0.717, 1.165) is 64.9 Å². The highest BCUT2D eigenvalue weighted by atomic mass is 16.5. The molecule has 3 aromatic carbocycles. The minimum atomic E-state index is -1.26. The Morgan fingerprint density at radius 1 is 0.909 bits per heavy atom. The van der Waals surface area contributed by atoms with Gasteiger partial charge in [0.1, 0.15) is 23.7 Å². The highest BCUT2D eigenvalue weighted by Gasteiger charge is 2.45. The lowest BCUT2D eigenvalue weighted by atomic mass is 9.98. The molecule has 14 nitrogen and oxygen atoms in total. The number of aromatic amines is 2. The van der Waals surface area contributed by atoms with Crippen molar-refractivity contribution in [1.29, 1.82) is 0 Å². The summed E-state index contributed by atoms with van der Waals surface area (Å²) < 4.78 is 4.71. The molecule has 8 rings (SSSR count). The summed E-state index contributed by atoms with van der Waals surface area (Å²) in [6.07, 6.45) is 4.49. The number of piperidine rings is 1. The molecule has 0 aliphatic carbocycles. The number of rotatable bonds is 7. The minimum Gasteiger partial charge on any atom is -0.465 e. The van der Waals surface area contributed by atoms with Gasteiger partial charge in [-0.15, -0.1) is 0 Å². The maximum atomic E-state index is 13.7. The third-order valence-corrected chi connectivity index (χ3v) is 10.8. The number of carbonyl (C=O) groups excluding carboxylic acids is 3. The lowest BCUT2D eigenvalue weighted by Gasteiger charge is -2.37. The summed E-state index contributed by atoms with van der Waals surface area (Å²) in [4.78, 5) is 70.3. The standard InChI is InChI=1S/C41H40N8O6/c1-55-41(54)46-30-19-16-28-17-20-34(49(28)38(30)50)36-42-23-32(45-36)26-14-11-24(12-15-26)9-10-25-13-18-29-31(22-25)44-37(43-29)33-8-5-21-48(33)39(51)35(47-40(52)53)27-6-3-2-4-7-27/h2-4,6-7,11-15,18,22-23,28,30,33-35,47H,5,8,16-17,19-21H2,1H3,(H,42,45)(H,43,44)(H,46,54)(H,52,53)/t28-,30-,33?,34-,35+/m0/s1. The van der Waals surface area contributed by atoms with Crippen LogP contribution in [0.3, 0.4) is 0 Å². The van der Waals surface area contributed by atoms with E-state index in [2.05, 4.69) is 37.4 Å². The lowest BCUT2D eigenvalue weighted by molar-refractivity contribution is -0.139. The molecule has 5 heterocycles. The fourth-order valence-corrected chi connectivity index (χ4v) is 8.10. The Labute approximate surface area is 316 Å². The number of imidazole rings is 2. The number of hydrogen-bond acceptors (Lipinski definition) is 7. The Hall–Kier alpha value is -6.62. The highest BCUT2D eigenvalue weighted by molar-refractivity contribution is 5.88. The summed E-state index contributed by atoms with van der Waals surface area (Å²) in [6, 6.07) is 20.5. The van der Waals surface area contributed by atoms with Crippen molar-refractivity contribution in [2.24, 2.45) is 0 Å². The van der Waals surface area contributed by atoms with Crippen LogP contribution in [-0.2, 0) is 14.3 Å². The zero-order valence-electron chi connectivity index (χ0n) is 30.1. The van der Waals surface area contributed by atoms with E-state index in [4.69, 9.17) is 9.72 Å². The van der Waals surface area contributed by atoms with Crippen LogP contribution in [0.1, 0.15) is 85.0 Å². The molecule has 5 atom stereocenters. The van der Waals surface area contributed by atoms with Crippen LogP contribution in [-0.4, -0.2) is 84.6 Å². The molecule has 3 fully saturated rings. The summed E-state index contributed by atoms with van der Waals surface area (Å²) in [7, 11) is 1.29. The molecule has 14 heteroatoms. The van der Waals surface area contributed by atoms with E-state index in [1.165, 1.54) is 7.11 Å². The molecule has 1 unspecified atom stereocenters. The molecule has 3 aliphatic heterocycles. The molecule has 0 bridgehead atoms. The molecule has 280 valence electrons. The number of amides is 4. The Bertz CT molecular complexity index is 2310. The average molecular weight is 741 g/mol. The molecule has 2 aromatic heterocycles. The van der Waals surface area contributed by atoms with Crippen molar-refractivity contribution in [2.75, 3.05) is 13.7 Å². The topological polar surface area (TPSA) is 186 Å². The normalized spacial score (nSPS) is 21.1. The van der Waals surface area contributed by atoms with Crippen LogP contribution in [0.5, 0.6) is 0 Å². The molecular formula is C41H40N8O6.